The van der Waals surface area contributed by atoms with Crippen LogP contribution in [-0.4, -0.2) is 53.6 Å². The molecule has 4 heterocycles. The van der Waals surface area contributed by atoms with Gasteiger partial charge in [0.15, 0.2) is 5.65 Å². The summed E-state index contributed by atoms with van der Waals surface area (Å²) in [6.45, 7) is 1.48. The molecule has 10 nitrogen and oxygen atoms in total. The van der Waals surface area contributed by atoms with Gasteiger partial charge in [0.2, 0.25) is 5.91 Å². The molecular weight excluding hydrogens is 406 g/mol. The summed E-state index contributed by atoms with van der Waals surface area (Å²) in [7, 11) is 0. The number of hydrogen-bond acceptors (Lipinski definition) is 7. The quantitative estimate of drug-likeness (QED) is 0.536. The second-order valence-corrected chi connectivity index (χ2v) is 7.46. The summed E-state index contributed by atoms with van der Waals surface area (Å²) < 4.78 is 3.20. The van der Waals surface area contributed by atoms with Crippen LogP contribution in [0.15, 0.2) is 49.3 Å². The van der Waals surface area contributed by atoms with E-state index in [4.69, 9.17) is 11.6 Å². The zero-order chi connectivity index (χ0) is 20.5. The predicted octanol–water partition coefficient (Wildman–Crippen LogP) is 2.21. The van der Waals surface area contributed by atoms with Gasteiger partial charge in [-0.1, -0.05) is 17.7 Å². The maximum Gasteiger partial charge on any atom is 0.227 e. The molecule has 4 aromatic rings. The van der Waals surface area contributed by atoms with E-state index in [0.717, 1.165) is 31.7 Å². The highest BCUT2D eigenvalue weighted by atomic mass is 35.5. The molecule has 0 bridgehead atoms. The Morgan fingerprint density at radius 1 is 1.13 bits per heavy atom. The third kappa shape index (κ3) is 3.45. The van der Waals surface area contributed by atoms with Crippen LogP contribution in [0.2, 0.25) is 5.02 Å². The van der Waals surface area contributed by atoms with Gasteiger partial charge in [0.1, 0.15) is 30.5 Å². The summed E-state index contributed by atoms with van der Waals surface area (Å²) >= 11 is 6.35. The number of hydrogen-bond donors (Lipinski definition) is 1. The number of piperidine rings is 1. The van der Waals surface area contributed by atoms with Gasteiger partial charge in [-0.15, -0.1) is 15.3 Å². The van der Waals surface area contributed by atoms with Crippen LogP contribution < -0.4 is 10.2 Å². The van der Waals surface area contributed by atoms with Gasteiger partial charge in [-0.3, -0.25) is 4.79 Å². The van der Waals surface area contributed by atoms with E-state index in [1.807, 2.05) is 18.2 Å². The molecule has 1 fully saturated rings. The number of nitrogens with zero attached hydrogens (tertiary/aromatic N) is 8. The highest BCUT2D eigenvalue weighted by Crippen LogP contribution is 2.29. The molecule has 0 aliphatic carbocycles. The van der Waals surface area contributed by atoms with Crippen molar-refractivity contribution in [2.24, 2.45) is 5.92 Å². The Bertz CT molecular complexity index is 1180. The standard InChI is InChI=1S/C19H18ClN9O/c20-14-2-1-3-15(18(14)29-11-21-10-23-29)24-19(30)13-6-8-27(9-7-13)17-5-4-16-25-22-12-28(16)26-17/h1-5,10-13H,6-9H2,(H,24,30). The first-order valence-corrected chi connectivity index (χ1v) is 9.93. The molecule has 1 aromatic carbocycles. The van der Waals surface area contributed by atoms with Crippen LogP contribution in [0.25, 0.3) is 11.3 Å². The third-order valence-corrected chi connectivity index (χ3v) is 5.53. The predicted molar refractivity (Wildman–Crippen MR) is 111 cm³/mol. The average Bonchev–Trinajstić information content (AvgIpc) is 3.45. The van der Waals surface area contributed by atoms with Gasteiger partial charge >= 0.3 is 0 Å². The number of anilines is 2. The molecule has 1 amide bonds. The fourth-order valence-electron chi connectivity index (χ4n) is 3.67. The van der Waals surface area contributed by atoms with Crippen molar-refractivity contribution in [3.05, 3.63) is 54.3 Å². The topological polar surface area (TPSA) is 106 Å². The van der Waals surface area contributed by atoms with Crippen LogP contribution in [0.1, 0.15) is 12.8 Å². The number of rotatable bonds is 4. The molecule has 11 heteroatoms. The van der Waals surface area contributed by atoms with E-state index >= 15 is 0 Å². The van der Waals surface area contributed by atoms with Crippen molar-refractivity contribution >= 4 is 34.7 Å². The first-order valence-electron chi connectivity index (χ1n) is 9.55. The number of nitrogens with one attached hydrogen (secondary N) is 1. The lowest BCUT2D eigenvalue weighted by molar-refractivity contribution is -0.120. The van der Waals surface area contributed by atoms with Crippen LogP contribution >= 0.6 is 11.6 Å². The molecular formula is C19H18ClN9O. The third-order valence-electron chi connectivity index (χ3n) is 5.23. The number of halogens is 1. The average molecular weight is 424 g/mol. The van der Waals surface area contributed by atoms with Crippen molar-refractivity contribution in [3.8, 4) is 5.69 Å². The van der Waals surface area contributed by atoms with Crippen molar-refractivity contribution in [2.45, 2.75) is 12.8 Å². The largest absolute Gasteiger partial charge is 0.355 e. The van der Waals surface area contributed by atoms with Crippen LogP contribution in [0, 0.1) is 5.92 Å². The fourth-order valence-corrected chi connectivity index (χ4v) is 3.93. The van der Waals surface area contributed by atoms with Crippen molar-refractivity contribution in [1.82, 2.24) is 34.6 Å². The Hall–Kier alpha value is -3.53. The van der Waals surface area contributed by atoms with Gasteiger partial charge in [-0.05, 0) is 37.1 Å². The summed E-state index contributed by atoms with van der Waals surface area (Å²) in [5, 5.41) is 20.0. The first-order chi connectivity index (χ1) is 14.7. The molecule has 30 heavy (non-hydrogen) atoms. The molecule has 0 radical (unpaired) electrons. The Morgan fingerprint density at radius 2 is 2.00 bits per heavy atom. The lowest BCUT2D eigenvalue weighted by atomic mass is 9.95. The summed E-state index contributed by atoms with van der Waals surface area (Å²) in [5.74, 6) is 0.729. The molecule has 152 valence electrons. The van der Waals surface area contributed by atoms with Crippen molar-refractivity contribution in [1.29, 1.82) is 0 Å². The van der Waals surface area contributed by atoms with Gasteiger partial charge < -0.3 is 10.2 Å². The molecule has 1 aliphatic heterocycles. The minimum atomic E-state index is -0.0949. The van der Waals surface area contributed by atoms with Crippen LogP contribution in [0.4, 0.5) is 11.5 Å². The van der Waals surface area contributed by atoms with E-state index in [1.54, 1.807) is 34.0 Å². The number of para-hydroxylation sites is 1. The summed E-state index contributed by atoms with van der Waals surface area (Å²) in [4.78, 5) is 19.1. The minimum Gasteiger partial charge on any atom is -0.355 e. The van der Waals surface area contributed by atoms with E-state index in [0.29, 0.717) is 22.0 Å². The molecule has 0 spiro atoms. The van der Waals surface area contributed by atoms with Gasteiger partial charge in [0.25, 0.3) is 0 Å². The molecule has 1 saturated heterocycles. The molecule has 1 N–H and O–H groups in total. The molecule has 0 atom stereocenters. The van der Waals surface area contributed by atoms with Crippen LogP contribution in [0.5, 0.6) is 0 Å². The van der Waals surface area contributed by atoms with Gasteiger partial charge in [0.05, 0.1) is 10.7 Å². The Balaban J connectivity index is 1.27. The Morgan fingerprint density at radius 3 is 2.80 bits per heavy atom. The highest BCUT2D eigenvalue weighted by molar-refractivity contribution is 6.33. The normalized spacial score (nSPS) is 14.9. The fraction of sp³-hybridized carbons (Fsp3) is 0.263. The van der Waals surface area contributed by atoms with Gasteiger partial charge in [-0.2, -0.15) is 9.61 Å². The molecule has 0 saturated carbocycles. The molecule has 0 unspecified atom stereocenters. The number of carbonyl (C=O) groups is 1. The number of aromatic nitrogens is 7. The number of amides is 1. The number of benzene rings is 1. The van der Waals surface area contributed by atoms with Crippen molar-refractivity contribution < 1.29 is 4.79 Å². The maximum absolute atomic E-state index is 12.9. The lowest BCUT2D eigenvalue weighted by Crippen LogP contribution is -2.38. The first kappa shape index (κ1) is 18.5. The molecule has 1 aliphatic rings. The van der Waals surface area contributed by atoms with E-state index in [9.17, 15) is 4.79 Å². The summed E-state index contributed by atoms with van der Waals surface area (Å²) in [6, 6.07) is 9.19. The highest BCUT2D eigenvalue weighted by Gasteiger charge is 2.27. The monoisotopic (exact) mass is 423 g/mol. The smallest absolute Gasteiger partial charge is 0.227 e. The zero-order valence-electron chi connectivity index (χ0n) is 15.9. The van der Waals surface area contributed by atoms with Crippen molar-refractivity contribution in [2.75, 3.05) is 23.3 Å². The Kier molecular flexibility index (Phi) is 4.75. The molecule has 5 rings (SSSR count). The SMILES string of the molecule is O=C(Nc1cccc(Cl)c1-n1cncn1)C1CCN(c2ccc3nncn3n2)CC1. The van der Waals surface area contributed by atoms with Crippen LogP contribution in [-0.2, 0) is 4.79 Å². The van der Waals surface area contributed by atoms with E-state index in [-0.39, 0.29) is 11.8 Å². The second kappa shape index (κ2) is 7.71. The summed E-state index contributed by atoms with van der Waals surface area (Å²) in [6.07, 6.45) is 6.02. The summed E-state index contributed by atoms with van der Waals surface area (Å²) in [5.41, 5.74) is 1.92. The molecule has 3 aromatic heterocycles. The van der Waals surface area contributed by atoms with Crippen molar-refractivity contribution in [3.63, 3.8) is 0 Å². The minimum absolute atomic E-state index is 0.0273. The van der Waals surface area contributed by atoms with E-state index < -0.39 is 0 Å². The number of fused-ring (bicyclic) bond motifs is 1. The van der Waals surface area contributed by atoms with Crippen LogP contribution in [0.3, 0.4) is 0 Å². The number of carbonyl (C=O) groups excluding carboxylic acids is 1. The maximum atomic E-state index is 12.9. The van der Waals surface area contributed by atoms with E-state index in [2.05, 4.69) is 35.6 Å². The van der Waals surface area contributed by atoms with E-state index in [1.165, 1.54) is 6.33 Å². The lowest BCUT2D eigenvalue weighted by Gasteiger charge is -2.32. The second-order valence-electron chi connectivity index (χ2n) is 7.05. The van der Waals surface area contributed by atoms with Gasteiger partial charge in [-0.25, -0.2) is 9.67 Å². The zero-order valence-corrected chi connectivity index (χ0v) is 16.6. The Labute approximate surface area is 176 Å². The van der Waals surface area contributed by atoms with Gasteiger partial charge in [0, 0.05) is 19.0 Å².